The fourth-order valence-corrected chi connectivity index (χ4v) is 1.71. The van der Waals surface area contributed by atoms with Gasteiger partial charge in [-0.1, -0.05) is 5.16 Å². The summed E-state index contributed by atoms with van der Waals surface area (Å²) in [6.07, 6.45) is 2.43. The Morgan fingerprint density at radius 3 is 3.00 bits per heavy atom. The molecule has 1 aromatic rings. The van der Waals surface area contributed by atoms with E-state index in [4.69, 9.17) is 4.52 Å². The van der Waals surface area contributed by atoms with E-state index >= 15 is 0 Å². The third kappa shape index (κ3) is 2.35. The number of hydrogen-bond donors (Lipinski definition) is 1. The number of hydrogen-bond acceptors (Lipinski definition) is 3. The average Bonchev–Trinajstić information content (AvgIpc) is 2.61. The molecule has 1 aromatic heterocycles. The van der Waals surface area contributed by atoms with Crippen LogP contribution in [0.2, 0.25) is 0 Å². The summed E-state index contributed by atoms with van der Waals surface area (Å²) >= 11 is 0. The van der Waals surface area contributed by atoms with Crippen molar-refractivity contribution in [3.05, 3.63) is 17.5 Å². The van der Waals surface area contributed by atoms with Gasteiger partial charge in [-0.25, -0.2) is 4.79 Å². The van der Waals surface area contributed by atoms with Crippen LogP contribution < -0.4 is 5.32 Å². The Hall–Kier alpha value is -1.52. The van der Waals surface area contributed by atoms with E-state index in [1.54, 1.807) is 11.1 Å². The van der Waals surface area contributed by atoms with E-state index in [1.165, 1.54) is 0 Å². The van der Waals surface area contributed by atoms with E-state index in [0.717, 1.165) is 17.7 Å². The summed E-state index contributed by atoms with van der Waals surface area (Å²) in [5.74, 6) is 0.903. The molecule has 0 saturated heterocycles. The molecule has 0 bridgehead atoms. The molecule has 0 fully saturated rings. The fraction of sp³-hybridized carbons (Fsp3) is 0.636. The monoisotopic (exact) mass is 223 g/mol. The molecular formula is C11H17N3O2. The van der Waals surface area contributed by atoms with E-state index in [0.29, 0.717) is 13.1 Å². The molecule has 0 radical (unpaired) electrons. The van der Waals surface area contributed by atoms with Crippen LogP contribution in [0, 0.1) is 0 Å². The van der Waals surface area contributed by atoms with Gasteiger partial charge in [-0.05, 0) is 20.8 Å². The Labute approximate surface area is 94.8 Å². The van der Waals surface area contributed by atoms with E-state index in [1.807, 2.05) is 20.8 Å². The minimum absolute atomic E-state index is 0.0284. The van der Waals surface area contributed by atoms with Gasteiger partial charge in [0.05, 0.1) is 12.7 Å². The number of aromatic nitrogens is 1. The molecule has 2 amide bonds. The molecule has 16 heavy (non-hydrogen) atoms. The number of nitrogens with zero attached hydrogens (tertiary/aromatic N) is 2. The molecule has 88 valence electrons. The summed E-state index contributed by atoms with van der Waals surface area (Å²) in [5, 5.41) is 6.69. The van der Waals surface area contributed by atoms with Crippen molar-refractivity contribution in [1.82, 2.24) is 15.4 Å². The van der Waals surface area contributed by atoms with Crippen molar-refractivity contribution in [2.75, 3.05) is 6.54 Å². The van der Waals surface area contributed by atoms with Crippen molar-refractivity contribution in [3.8, 4) is 0 Å². The van der Waals surface area contributed by atoms with Gasteiger partial charge in [0.2, 0.25) is 0 Å². The molecule has 1 aliphatic rings. The third-order valence-corrected chi connectivity index (χ3v) is 2.47. The third-order valence-electron chi connectivity index (χ3n) is 2.47. The van der Waals surface area contributed by atoms with Gasteiger partial charge in [0.25, 0.3) is 0 Å². The number of urea groups is 1. The van der Waals surface area contributed by atoms with Crippen molar-refractivity contribution in [3.63, 3.8) is 0 Å². The van der Waals surface area contributed by atoms with Gasteiger partial charge < -0.3 is 14.7 Å². The number of amides is 2. The lowest BCUT2D eigenvalue weighted by Gasteiger charge is -2.30. The maximum Gasteiger partial charge on any atom is 0.318 e. The maximum absolute atomic E-state index is 11.9. The van der Waals surface area contributed by atoms with Gasteiger partial charge in [0, 0.05) is 24.1 Å². The van der Waals surface area contributed by atoms with Crippen LogP contribution in [0.3, 0.4) is 0 Å². The number of rotatable bonds is 0. The first kappa shape index (κ1) is 11.0. The molecule has 2 rings (SSSR count). The molecule has 0 spiro atoms. The van der Waals surface area contributed by atoms with Crippen LogP contribution in [0.4, 0.5) is 4.79 Å². The van der Waals surface area contributed by atoms with Crippen molar-refractivity contribution < 1.29 is 9.32 Å². The minimum atomic E-state index is -0.202. The summed E-state index contributed by atoms with van der Waals surface area (Å²) in [5.41, 5.74) is 0.807. The van der Waals surface area contributed by atoms with E-state index in [2.05, 4.69) is 10.5 Å². The molecule has 1 aliphatic heterocycles. The van der Waals surface area contributed by atoms with Crippen LogP contribution in [0.15, 0.2) is 10.7 Å². The second-order valence-electron chi connectivity index (χ2n) is 5.13. The predicted octanol–water partition coefficient (Wildman–Crippen LogP) is 1.54. The Balaban J connectivity index is 2.01. The molecule has 1 N–H and O–H groups in total. The van der Waals surface area contributed by atoms with Gasteiger partial charge in [-0.15, -0.1) is 0 Å². The zero-order valence-electron chi connectivity index (χ0n) is 9.91. The van der Waals surface area contributed by atoms with Gasteiger partial charge >= 0.3 is 6.03 Å². The van der Waals surface area contributed by atoms with Crippen molar-refractivity contribution in [2.24, 2.45) is 0 Å². The molecule has 0 aliphatic carbocycles. The average molecular weight is 223 g/mol. The minimum Gasteiger partial charge on any atom is -0.361 e. The number of nitrogens with one attached hydrogen (secondary N) is 1. The van der Waals surface area contributed by atoms with E-state index in [9.17, 15) is 4.79 Å². The Bertz CT molecular complexity index is 392. The lowest BCUT2D eigenvalue weighted by molar-refractivity contribution is 0.180. The van der Waals surface area contributed by atoms with Crippen LogP contribution in [-0.4, -0.2) is 28.2 Å². The summed E-state index contributed by atoms with van der Waals surface area (Å²) in [6.45, 7) is 7.18. The molecule has 0 saturated carbocycles. The largest absolute Gasteiger partial charge is 0.361 e. The molecule has 0 aromatic carbocycles. The van der Waals surface area contributed by atoms with Gasteiger partial charge in [-0.3, -0.25) is 0 Å². The topological polar surface area (TPSA) is 58.4 Å². The number of carbonyl (C=O) groups excluding carboxylic acids is 1. The number of fused-ring (bicyclic) bond motifs is 1. The Morgan fingerprint density at radius 1 is 1.56 bits per heavy atom. The zero-order chi connectivity index (χ0) is 11.8. The summed E-state index contributed by atoms with van der Waals surface area (Å²) < 4.78 is 5.08. The first-order valence-electron chi connectivity index (χ1n) is 5.45. The Kier molecular flexibility index (Phi) is 2.61. The lowest BCUT2D eigenvalue weighted by atomic mass is 10.1. The molecule has 5 heteroatoms. The van der Waals surface area contributed by atoms with E-state index < -0.39 is 0 Å². The highest BCUT2D eigenvalue weighted by Crippen LogP contribution is 2.18. The van der Waals surface area contributed by atoms with Crippen molar-refractivity contribution >= 4 is 6.03 Å². The maximum atomic E-state index is 11.9. The smallest absolute Gasteiger partial charge is 0.318 e. The number of carbonyl (C=O) groups is 1. The summed E-state index contributed by atoms with van der Waals surface area (Å²) in [4.78, 5) is 13.7. The second-order valence-corrected chi connectivity index (χ2v) is 5.13. The van der Waals surface area contributed by atoms with Gasteiger partial charge in [0.15, 0.2) is 0 Å². The summed E-state index contributed by atoms with van der Waals surface area (Å²) in [6, 6.07) is -0.0284. The van der Waals surface area contributed by atoms with E-state index in [-0.39, 0.29) is 11.6 Å². The Morgan fingerprint density at radius 2 is 2.31 bits per heavy atom. The highest BCUT2D eigenvalue weighted by atomic mass is 16.5. The van der Waals surface area contributed by atoms with Gasteiger partial charge in [0.1, 0.15) is 5.76 Å². The second kappa shape index (κ2) is 3.81. The van der Waals surface area contributed by atoms with Crippen LogP contribution in [-0.2, 0) is 13.0 Å². The molecule has 2 heterocycles. The standard InChI is InChI=1S/C11H17N3O2/c1-11(2,3)13-10(15)14-5-4-9-8(7-14)6-12-16-9/h6H,4-5,7H2,1-3H3,(H,13,15). The lowest BCUT2D eigenvalue weighted by Crippen LogP contribution is -2.49. The van der Waals surface area contributed by atoms with Crippen molar-refractivity contribution in [2.45, 2.75) is 39.3 Å². The highest BCUT2D eigenvalue weighted by molar-refractivity contribution is 5.75. The SMILES string of the molecule is CC(C)(C)NC(=O)N1CCc2oncc2C1. The van der Waals surface area contributed by atoms with Crippen LogP contribution in [0.5, 0.6) is 0 Å². The van der Waals surface area contributed by atoms with Crippen LogP contribution >= 0.6 is 0 Å². The first-order valence-corrected chi connectivity index (χ1v) is 5.45. The van der Waals surface area contributed by atoms with Crippen LogP contribution in [0.1, 0.15) is 32.1 Å². The molecular weight excluding hydrogens is 206 g/mol. The summed E-state index contributed by atoms with van der Waals surface area (Å²) in [7, 11) is 0. The first-order chi connectivity index (χ1) is 7.46. The normalized spacial score (nSPS) is 15.8. The van der Waals surface area contributed by atoms with Crippen molar-refractivity contribution in [1.29, 1.82) is 0 Å². The zero-order valence-corrected chi connectivity index (χ0v) is 9.91. The highest BCUT2D eigenvalue weighted by Gasteiger charge is 2.25. The quantitative estimate of drug-likeness (QED) is 0.725. The molecule has 0 atom stereocenters. The van der Waals surface area contributed by atoms with Gasteiger partial charge in [-0.2, -0.15) is 0 Å². The fourth-order valence-electron chi connectivity index (χ4n) is 1.71. The predicted molar refractivity (Wildman–Crippen MR) is 58.9 cm³/mol. The molecule has 0 unspecified atom stereocenters. The van der Waals surface area contributed by atoms with Crippen LogP contribution in [0.25, 0.3) is 0 Å². The molecule has 5 nitrogen and oxygen atoms in total.